The van der Waals surface area contributed by atoms with Gasteiger partial charge in [0.15, 0.2) is 5.60 Å². The number of sulfonamides is 1. The highest BCUT2D eigenvalue weighted by Gasteiger charge is 2.52. The molecular weight excluding hydrogens is 595 g/mol. The molecule has 2 N–H and O–H groups in total. The number of carbonyl (C=O) groups is 3. The van der Waals surface area contributed by atoms with Crippen LogP contribution in [0.15, 0.2) is 83.8 Å². The molecule has 0 aliphatic carbocycles. The first-order valence-electron chi connectivity index (χ1n) is 13.8. The largest absolute Gasteiger partial charge is 0.480 e. The number of para-hydroxylation sites is 1. The maximum absolute atomic E-state index is 14.1. The summed E-state index contributed by atoms with van der Waals surface area (Å²) < 4.78 is 58.7. The monoisotopic (exact) mass is 628 g/mol. The first kappa shape index (κ1) is 32.4. The van der Waals surface area contributed by atoms with Gasteiger partial charge in [0.05, 0.1) is 23.9 Å². The van der Waals surface area contributed by atoms with E-state index in [2.05, 4.69) is 5.32 Å². The van der Waals surface area contributed by atoms with E-state index in [1.165, 1.54) is 53.7 Å². The number of carbonyl (C=O) groups excluding carboxylic acids is 2. The molecule has 2 unspecified atom stereocenters. The summed E-state index contributed by atoms with van der Waals surface area (Å²) in [6.45, 7) is 4.33. The summed E-state index contributed by atoms with van der Waals surface area (Å²) in [5, 5.41) is 11.9. The highest BCUT2D eigenvalue weighted by atomic mass is 32.2. The zero-order valence-corrected chi connectivity index (χ0v) is 25.1. The number of alkyl carbamates (subject to hydrolysis) is 1. The fourth-order valence-corrected chi connectivity index (χ4v) is 6.16. The topological polar surface area (TPSA) is 149 Å². The molecule has 0 spiro atoms. The molecule has 1 aliphatic rings. The van der Waals surface area contributed by atoms with Gasteiger partial charge in [0.2, 0.25) is 16.3 Å². The molecule has 1 saturated heterocycles. The predicted molar refractivity (Wildman–Crippen MR) is 155 cm³/mol. The fraction of sp³-hybridized carbons (Fsp3) is 0.323. The molecule has 0 radical (unpaired) electrons. The van der Waals surface area contributed by atoms with E-state index in [1.807, 2.05) is 6.07 Å². The van der Waals surface area contributed by atoms with Gasteiger partial charge in [-0.05, 0) is 42.0 Å². The van der Waals surface area contributed by atoms with Crippen molar-refractivity contribution in [1.29, 1.82) is 0 Å². The lowest BCUT2D eigenvalue weighted by Crippen LogP contribution is -2.64. The van der Waals surface area contributed by atoms with Crippen LogP contribution in [0.4, 0.5) is 9.18 Å². The van der Waals surface area contributed by atoms with Crippen molar-refractivity contribution < 1.29 is 46.5 Å². The Kier molecular flexibility index (Phi) is 9.90. The fourth-order valence-electron chi connectivity index (χ4n) is 4.55. The Morgan fingerprint density at radius 1 is 0.955 bits per heavy atom. The molecule has 11 nitrogen and oxygen atoms in total. The van der Waals surface area contributed by atoms with Gasteiger partial charge in [0.1, 0.15) is 17.6 Å². The van der Waals surface area contributed by atoms with Crippen LogP contribution in [0.3, 0.4) is 0 Å². The second kappa shape index (κ2) is 13.4. The molecule has 0 saturated carbocycles. The van der Waals surface area contributed by atoms with Crippen LogP contribution in [0.2, 0.25) is 0 Å². The molecule has 1 aliphatic heterocycles. The van der Waals surface area contributed by atoms with Crippen molar-refractivity contribution in [3.05, 3.63) is 95.8 Å². The Bertz CT molecular complexity index is 1610. The summed E-state index contributed by atoms with van der Waals surface area (Å²) in [5.41, 5.74) is -0.333. The van der Waals surface area contributed by atoms with Crippen LogP contribution in [-0.2, 0) is 41.1 Å². The molecular formula is C31H33FN2O9S. The number of aliphatic carboxylic acids is 1. The maximum atomic E-state index is 14.1. The van der Waals surface area contributed by atoms with E-state index in [0.29, 0.717) is 16.9 Å². The molecule has 1 heterocycles. The molecule has 44 heavy (non-hydrogen) atoms. The minimum Gasteiger partial charge on any atom is -0.480 e. The molecule has 0 bridgehead atoms. The van der Waals surface area contributed by atoms with E-state index in [4.69, 9.17) is 14.2 Å². The number of carboxylic acid groups (broad SMARTS) is 1. The van der Waals surface area contributed by atoms with Crippen molar-refractivity contribution in [2.45, 2.75) is 50.0 Å². The highest BCUT2D eigenvalue weighted by molar-refractivity contribution is 7.89. The molecule has 13 heteroatoms. The maximum Gasteiger partial charge on any atom is 0.410 e. The van der Waals surface area contributed by atoms with Crippen LogP contribution in [0, 0.1) is 11.7 Å². The number of rotatable bonds is 12. The Hall–Kier alpha value is -4.49. The van der Waals surface area contributed by atoms with E-state index in [-0.39, 0.29) is 24.4 Å². The number of ether oxygens (including phenoxy) is 3. The number of hydrogen-bond donors (Lipinski definition) is 2. The molecule has 1 amide bonds. The van der Waals surface area contributed by atoms with Crippen LogP contribution in [0.1, 0.15) is 31.9 Å². The Labute approximate surface area is 254 Å². The third-order valence-electron chi connectivity index (χ3n) is 6.86. The number of halogens is 1. The Balaban J connectivity index is 1.47. The molecule has 2 atom stereocenters. The van der Waals surface area contributed by atoms with E-state index in [0.717, 1.165) is 0 Å². The standard InChI is InChI=1S/C31H33FN2O9S/c1-20(2)29(37)41-21(3)42-30(38)33-27(28(35)36)16-22-9-7-14-26(15-22)44(39,40)34-18-31(19-34,23-10-8-11-24(32)17-23)43-25-12-5-4-6-13-25/h4-15,17,20-21,27H,16,18-19H2,1-3H3,(H,33,38)(H,35,36). The normalized spacial score (nSPS) is 15.8. The Morgan fingerprint density at radius 3 is 2.27 bits per heavy atom. The van der Waals surface area contributed by atoms with Crippen molar-refractivity contribution >= 4 is 28.1 Å². The summed E-state index contributed by atoms with van der Waals surface area (Å²) in [7, 11) is -4.07. The molecule has 0 aromatic heterocycles. The third kappa shape index (κ3) is 7.71. The summed E-state index contributed by atoms with van der Waals surface area (Å²) in [6.07, 6.45) is -2.65. The average molecular weight is 629 g/mol. The first-order chi connectivity index (χ1) is 20.8. The lowest BCUT2D eigenvalue weighted by atomic mass is 9.87. The number of nitrogens with zero attached hydrogens (tertiary/aromatic N) is 1. The third-order valence-corrected chi connectivity index (χ3v) is 8.65. The number of nitrogens with one attached hydrogen (secondary N) is 1. The van der Waals surface area contributed by atoms with Gasteiger partial charge in [-0.25, -0.2) is 22.4 Å². The van der Waals surface area contributed by atoms with Crippen molar-refractivity contribution in [2.24, 2.45) is 5.92 Å². The zero-order chi connectivity index (χ0) is 32.1. The quantitative estimate of drug-likeness (QED) is 0.224. The van der Waals surface area contributed by atoms with Gasteiger partial charge in [0, 0.05) is 18.9 Å². The average Bonchev–Trinajstić information content (AvgIpc) is 2.94. The highest BCUT2D eigenvalue weighted by Crippen LogP contribution is 2.40. The van der Waals surface area contributed by atoms with Gasteiger partial charge in [-0.15, -0.1) is 0 Å². The second-order valence-electron chi connectivity index (χ2n) is 10.6. The van der Waals surface area contributed by atoms with Gasteiger partial charge >= 0.3 is 18.0 Å². The number of amides is 1. The number of carboxylic acids is 1. The SMILES string of the molecule is CC(OC(=O)NC(Cc1cccc(S(=O)(=O)N2CC(Oc3ccccc3)(c3cccc(F)c3)C2)c1)C(=O)O)OC(=O)C(C)C. The van der Waals surface area contributed by atoms with E-state index < -0.39 is 57.7 Å². The van der Waals surface area contributed by atoms with Gasteiger partial charge in [-0.1, -0.05) is 56.3 Å². The summed E-state index contributed by atoms with van der Waals surface area (Å²) in [4.78, 5) is 35.8. The smallest absolute Gasteiger partial charge is 0.410 e. The summed E-state index contributed by atoms with van der Waals surface area (Å²) in [5.74, 6) is -2.43. The van der Waals surface area contributed by atoms with Gasteiger partial charge < -0.3 is 24.6 Å². The zero-order valence-electron chi connectivity index (χ0n) is 24.3. The number of hydrogen-bond acceptors (Lipinski definition) is 8. The second-order valence-corrected chi connectivity index (χ2v) is 12.6. The minimum atomic E-state index is -4.07. The minimum absolute atomic E-state index is 0.0940. The van der Waals surface area contributed by atoms with Crippen molar-refractivity contribution in [3.8, 4) is 5.75 Å². The van der Waals surface area contributed by atoms with E-state index in [9.17, 15) is 32.3 Å². The van der Waals surface area contributed by atoms with E-state index in [1.54, 1.807) is 44.2 Å². The van der Waals surface area contributed by atoms with Gasteiger partial charge in [0.25, 0.3) is 0 Å². The first-order valence-corrected chi connectivity index (χ1v) is 15.2. The lowest BCUT2D eigenvalue weighted by Gasteiger charge is -2.48. The van der Waals surface area contributed by atoms with Crippen molar-refractivity contribution in [2.75, 3.05) is 13.1 Å². The molecule has 1 fully saturated rings. The molecule has 3 aromatic rings. The molecule has 3 aromatic carbocycles. The van der Waals surface area contributed by atoms with Crippen LogP contribution in [0.5, 0.6) is 5.75 Å². The van der Waals surface area contributed by atoms with Gasteiger partial charge in [-0.2, -0.15) is 4.31 Å². The Morgan fingerprint density at radius 2 is 1.64 bits per heavy atom. The van der Waals surface area contributed by atoms with Crippen LogP contribution in [0.25, 0.3) is 0 Å². The predicted octanol–water partition coefficient (Wildman–Crippen LogP) is 4.07. The number of benzene rings is 3. The van der Waals surface area contributed by atoms with Crippen molar-refractivity contribution in [3.63, 3.8) is 0 Å². The van der Waals surface area contributed by atoms with Crippen LogP contribution in [-0.4, -0.2) is 61.3 Å². The van der Waals surface area contributed by atoms with E-state index >= 15 is 0 Å². The molecule has 4 rings (SSSR count). The molecule has 234 valence electrons. The number of esters is 1. The summed E-state index contributed by atoms with van der Waals surface area (Å²) >= 11 is 0. The van der Waals surface area contributed by atoms with Gasteiger partial charge in [-0.3, -0.25) is 4.79 Å². The van der Waals surface area contributed by atoms with Crippen LogP contribution < -0.4 is 10.1 Å². The van der Waals surface area contributed by atoms with Crippen LogP contribution >= 0.6 is 0 Å². The summed E-state index contributed by atoms with van der Waals surface area (Å²) in [6, 6.07) is 18.8. The lowest BCUT2D eigenvalue weighted by molar-refractivity contribution is -0.169. The van der Waals surface area contributed by atoms with Crippen molar-refractivity contribution in [1.82, 2.24) is 9.62 Å².